The lowest BCUT2D eigenvalue weighted by Gasteiger charge is -2.08. The number of nitrogens with two attached hydrogens (primary N) is 1. The highest BCUT2D eigenvalue weighted by Crippen LogP contribution is 2.20. The lowest BCUT2D eigenvalue weighted by Crippen LogP contribution is -2.12. The van der Waals surface area contributed by atoms with Crippen molar-refractivity contribution in [2.45, 2.75) is 13.0 Å². The molecule has 1 heterocycles. The van der Waals surface area contributed by atoms with Crippen molar-refractivity contribution in [3.05, 3.63) is 16.6 Å². The minimum atomic E-state index is 0.0150. The molecule has 62 valence electrons. The molecule has 0 saturated heterocycles. The maximum Gasteiger partial charge on any atom is 0.105 e. The molecular weight excluding hydrogens is 160 g/mol. The van der Waals surface area contributed by atoms with Gasteiger partial charge in [-0.1, -0.05) is 0 Å². The number of hydrogen-bond acceptors (Lipinski definition) is 4. The molecule has 11 heavy (non-hydrogen) atoms. The molecule has 0 bridgehead atoms. The Kier molecular flexibility index (Phi) is 2.99. The van der Waals surface area contributed by atoms with E-state index in [2.05, 4.69) is 4.37 Å². The van der Waals surface area contributed by atoms with E-state index in [1.165, 1.54) is 11.5 Å². The number of aryl methyl sites for hydroxylation is 1. The van der Waals surface area contributed by atoms with Gasteiger partial charge in [-0.3, -0.25) is 0 Å². The first-order valence-electron chi connectivity index (χ1n) is 3.44. The second-order valence-corrected chi connectivity index (χ2v) is 3.17. The van der Waals surface area contributed by atoms with Crippen molar-refractivity contribution in [2.75, 3.05) is 13.7 Å². The van der Waals surface area contributed by atoms with Crippen LogP contribution in [0.2, 0.25) is 0 Å². The predicted octanol–water partition coefficient (Wildman–Crippen LogP) is 1.10. The van der Waals surface area contributed by atoms with E-state index in [-0.39, 0.29) is 6.10 Å². The van der Waals surface area contributed by atoms with Crippen LogP contribution in [0.1, 0.15) is 16.7 Å². The van der Waals surface area contributed by atoms with Gasteiger partial charge in [0.15, 0.2) is 0 Å². The van der Waals surface area contributed by atoms with E-state index in [9.17, 15) is 0 Å². The van der Waals surface area contributed by atoms with Crippen molar-refractivity contribution in [2.24, 2.45) is 5.73 Å². The zero-order chi connectivity index (χ0) is 8.27. The molecule has 1 rings (SSSR count). The molecule has 1 aromatic rings. The highest BCUT2D eigenvalue weighted by Gasteiger charge is 2.10. The van der Waals surface area contributed by atoms with Gasteiger partial charge in [-0.25, -0.2) is 0 Å². The third kappa shape index (κ3) is 1.99. The van der Waals surface area contributed by atoms with E-state index >= 15 is 0 Å². The number of nitrogens with zero attached hydrogens (tertiary/aromatic N) is 1. The van der Waals surface area contributed by atoms with Crippen LogP contribution in [0, 0.1) is 6.92 Å². The molecular formula is C7H12N2OS. The molecule has 3 nitrogen and oxygen atoms in total. The highest BCUT2D eigenvalue weighted by atomic mass is 32.1. The average molecular weight is 172 g/mol. The summed E-state index contributed by atoms with van der Waals surface area (Å²) in [4.78, 5) is 1.10. The second kappa shape index (κ2) is 3.80. The molecule has 0 aliphatic heterocycles. The van der Waals surface area contributed by atoms with Gasteiger partial charge in [-0.05, 0) is 24.5 Å². The fraction of sp³-hybridized carbons (Fsp3) is 0.571. The fourth-order valence-corrected chi connectivity index (χ4v) is 1.70. The van der Waals surface area contributed by atoms with Crippen molar-refractivity contribution < 1.29 is 4.74 Å². The van der Waals surface area contributed by atoms with Crippen LogP contribution in [-0.2, 0) is 4.74 Å². The van der Waals surface area contributed by atoms with Crippen LogP contribution >= 0.6 is 11.5 Å². The molecule has 0 aliphatic rings. The molecule has 1 aromatic heterocycles. The normalized spacial score (nSPS) is 13.4. The zero-order valence-corrected chi connectivity index (χ0v) is 7.52. The van der Waals surface area contributed by atoms with Crippen LogP contribution < -0.4 is 5.73 Å². The van der Waals surface area contributed by atoms with E-state index in [0.717, 1.165) is 10.6 Å². The summed E-state index contributed by atoms with van der Waals surface area (Å²) in [6.45, 7) is 2.47. The average Bonchev–Trinajstić information content (AvgIpc) is 2.39. The van der Waals surface area contributed by atoms with Crippen molar-refractivity contribution in [3.63, 3.8) is 0 Å². The Balaban J connectivity index is 2.73. The Bertz CT molecular complexity index is 220. The molecule has 0 saturated carbocycles. The smallest absolute Gasteiger partial charge is 0.105 e. The molecule has 1 unspecified atom stereocenters. The molecule has 0 spiro atoms. The molecule has 0 radical (unpaired) electrons. The van der Waals surface area contributed by atoms with E-state index in [0.29, 0.717) is 6.54 Å². The molecule has 0 aliphatic carbocycles. The summed E-state index contributed by atoms with van der Waals surface area (Å²) in [7, 11) is 1.66. The maximum absolute atomic E-state index is 5.48. The van der Waals surface area contributed by atoms with Crippen molar-refractivity contribution >= 4 is 11.5 Å². The Morgan fingerprint density at radius 1 is 1.82 bits per heavy atom. The number of ether oxygens (including phenoxy) is 1. The first-order chi connectivity index (χ1) is 5.27. The van der Waals surface area contributed by atoms with Crippen LogP contribution in [0.4, 0.5) is 0 Å². The molecule has 0 fully saturated rings. The van der Waals surface area contributed by atoms with Crippen LogP contribution in [0.3, 0.4) is 0 Å². The molecule has 1 atom stereocenters. The van der Waals surface area contributed by atoms with Gasteiger partial charge in [0.1, 0.15) is 6.10 Å². The van der Waals surface area contributed by atoms with Crippen LogP contribution in [0.25, 0.3) is 0 Å². The van der Waals surface area contributed by atoms with E-state index < -0.39 is 0 Å². The predicted molar refractivity (Wildman–Crippen MR) is 45.7 cm³/mol. The summed E-state index contributed by atoms with van der Waals surface area (Å²) in [6.07, 6.45) is 0.0150. The van der Waals surface area contributed by atoms with Crippen LogP contribution in [0.5, 0.6) is 0 Å². The zero-order valence-electron chi connectivity index (χ0n) is 6.70. The van der Waals surface area contributed by atoms with Crippen molar-refractivity contribution in [1.82, 2.24) is 4.37 Å². The van der Waals surface area contributed by atoms with Gasteiger partial charge >= 0.3 is 0 Å². The number of methoxy groups -OCH3 is 1. The number of rotatable bonds is 3. The molecule has 0 amide bonds. The van der Waals surface area contributed by atoms with Gasteiger partial charge in [-0.2, -0.15) is 4.37 Å². The number of aromatic nitrogens is 1. The fourth-order valence-electron chi connectivity index (χ4n) is 0.864. The summed E-state index contributed by atoms with van der Waals surface area (Å²) in [5.74, 6) is 0. The van der Waals surface area contributed by atoms with Crippen LogP contribution in [-0.4, -0.2) is 18.0 Å². The van der Waals surface area contributed by atoms with Gasteiger partial charge in [-0.15, -0.1) is 0 Å². The van der Waals surface area contributed by atoms with Gasteiger partial charge in [0, 0.05) is 13.7 Å². The van der Waals surface area contributed by atoms with Gasteiger partial charge in [0.25, 0.3) is 0 Å². The van der Waals surface area contributed by atoms with E-state index in [1.807, 2.05) is 13.0 Å². The summed E-state index contributed by atoms with van der Waals surface area (Å²) in [5, 5.41) is 0. The Morgan fingerprint density at radius 3 is 2.91 bits per heavy atom. The minimum Gasteiger partial charge on any atom is -0.375 e. The highest BCUT2D eigenvalue weighted by molar-refractivity contribution is 7.05. The molecule has 2 N–H and O–H groups in total. The van der Waals surface area contributed by atoms with Gasteiger partial charge in [0.2, 0.25) is 0 Å². The van der Waals surface area contributed by atoms with E-state index in [1.54, 1.807) is 7.11 Å². The minimum absolute atomic E-state index is 0.0150. The monoisotopic (exact) mass is 172 g/mol. The SMILES string of the molecule is COC(CN)c1cc(C)ns1. The van der Waals surface area contributed by atoms with Gasteiger partial charge < -0.3 is 10.5 Å². The summed E-state index contributed by atoms with van der Waals surface area (Å²) in [5.41, 5.74) is 6.51. The summed E-state index contributed by atoms with van der Waals surface area (Å²) >= 11 is 1.45. The topological polar surface area (TPSA) is 48.1 Å². The van der Waals surface area contributed by atoms with Crippen molar-refractivity contribution in [1.29, 1.82) is 0 Å². The van der Waals surface area contributed by atoms with Crippen LogP contribution in [0.15, 0.2) is 6.07 Å². The standard InChI is InChI=1S/C7H12N2OS/c1-5-3-7(11-9-5)6(4-8)10-2/h3,6H,4,8H2,1-2H3. The Morgan fingerprint density at radius 2 is 2.55 bits per heavy atom. The third-order valence-corrected chi connectivity index (χ3v) is 2.43. The summed E-state index contributed by atoms with van der Waals surface area (Å²) in [6, 6.07) is 2.01. The maximum atomic E-state index is 5.48. The first-order valence-corrected chi connectivity index (χ1v) is 4.21. The van der Waals surface area contributed by atoms with Crippen molar-refractivity contribution in [3.8, 4) is 0 Å². The largest absolute Gasteiger partial charge is 0.375 e. The Labute approximate surface area is 70.3 Å². The first kappa shape index (κ1) is 8.64. The Hall–Kier alpha value is -0.450. The quantitative estimate of drug-likeness (QED) is 0.742. The lowest BCUT2D eigenvalue weighted by molar-refractivity contribution is 0.113. The summed E-state index contributed by atoms with van der Waals surface area (Å²) < 4.78 is 9.28. The molecule has 0 aromatic carbocycles. The number of hydrogen-bond donors (Lipinski definition) is 1. The van der Waals surface area contributed by atoms with Gasteiger partial charge in [0.05, 0.1) is 10.6 Å². The molecule has 4 heteroatoms. The second-order valence-electron chi connectivity index (χ2n) is 2.33. The van der Waals surface area contributed by atoms with E-state index in [4.69, 9.17) is 10.5 Å². The lowest BCUT2D eigenvalue weighted by atomic mass is 10.3. The third-order valence-electron chi connectivity index (χ3n) is 1.46.